The monoisotopic (exact) mass is 521 g/mol. The Morgan fingerprint density at radius 1 is 1.06 bits per heavy atom. The van der Waals surface area contributed by atoms with Crippen LogP contribution < -0.4 is 13.9 Å². The van der Waals surface area contributed by atoms with E-state index < -0.39 is 40.9 Å². The molecule has 0 aliphatic heterocycles. The minimum atomic E-state index is -4.97. The summed E-state index contributed by atoms with van der Waals surface area (Å²) in [6, 6.07) is 4.52. The molecule has 11 heteroatoms. The van der Waals surface area contributed by atoms with Crippen LogP contribution in [0.5, 0.6) is 17.2 Å². The van der Waals surface area contributed by atoms with E-state index >= 15 is 0 Å². The van der Waals surface area contributed by atoms with Gasteiger partial charge in [0.05, 0.1) is 6.10 Å². The molecule has 0 aromatic heterocycles. The number of amides is 1. The third-order valence-electron chi connectivity index (χ3n) is 4.17. The van der Waals surface area contributed by atoms with Crippen molar-refractivity contribution in [3.8, 4) is 17.2 Å². The van der Waals surface area contributed by atoms with E-state index in [0.717, 1.165) is 4.90 Å². The van der Waals surface area contributed by atoms with Gasteiger partial charge >= 0.3 is 12.1 Å². The molecule has 0 saturated heterocycles. The van der Waals surface area contributed by atoms with Crippen LogP contribution in [0.1, 0.15) is 13.8 Å². The van der Waals surface area contributed by atoms with Crippen LogP contribution in [0, 0.1) is 0 Å². The Hall–Kier alpha value is -1.99. The van der Waals surface area contributed by atoms with E-state index in [1.54, 1.807) is 24.3 Å². The molecular weight excluding hydrogens is 483 g/mol. The molecular formula is C23H38F3NO5Si2. The zero-order valence-electron chi connectivity index (χ0n) is 21.4. The van der Waals surface area contributed by atoms with E-state index in [4.69, 9.17) is 18.3 Å². The maximum absolute atomic E-state index is 13.1. The minimum Gasteiger partial charge on any atom is -0.544 e. The highest BCUT2D eigenvalue weighted by atomic mass is 28.4. The number of hydrogen-bond donors (Lipinski definition) is 0. The Morgan fingerprint density at radius 3 is 2.15 bits per heavy atom. The number of nitrogens with zero attached hydrogens (tertiary/aromatic N) is 1. The van der Waals surface area contributed by atoms with E-state index in [0.29, 0.717) is 17.2 Å². The number of rotatable bonds is 13. The van der Waals surface area contributed by atoms with Gasteiger partial charge < -0.3 is 23.2 Å². The highest BCUT2D eigenvalue weighted by Gasteiger charge is 2.44. The lowest BCUT2D eigenvalue weighted by molar-refractivity contribution is -0.188. The van der Waals surface area contributed by atoms with Gasteiger partial charge in [0.15, 0.2) is 19.8 Å². The molecule has 1 atom stereocenters. The molecule has 0 N–H and O–H groups in total. The summed E-state index contributed by atoms with van der Waals surface area (Å²) in [6.45, 7) is 18.6. The van der Waals surface area contributed by atoms with E-state index in [-0.39, 0.29) is 19.8 Å². The van der Waals surface area contributed by atoms with Gasteiger partial charge in [-0.2, -0.15) is 13.2 Å². The van der Waals surface area contributed by atoms with Crippen molar-refractivity contribution < 1.29 is 36.3 Å². The Morgan fingerprint density at radius 2 is 1.68 bits per heavy atom. The van der Waals surface area contributed by atoms with Crippen LogP contribution in [0.2, 0.25) is 39.3 Å². The SMILES string of the molecule is C=CCOc1cc(O[Si](C)(C)C)ccc1OCC(CN(C(=O)C(F)(F)F)C(C)C)O[Si](C)(C)C. The van der Waals surface area contributed by atoms with Gasteiger partial charge in [-0.15, -0.1) is 0 Å². The topological polar surface area (TPSA) is 57.2 Å². The third kappa shape index (κ3) is 11.0. The van der Waals surface area contributed by atoms with E-state index in [9.17, 15) is 18.0 Å². The molecule has 0 radical (unpaired) electrons. The van der Waals surface area contributed by atoms with Crippen molar-refractivity contribution in [1.82, 2.24) is 4.90 Å². The molecule has 6 nitrogen and oxygen atoms in total. The van der Waals surface area contributed by atoms with Crippen molar-refractivity contribution in [2.45, 2.75) is 71.5 Å². The largest absolute Gasteiger partial charge is 0.544 e. The number of carbonyl (C=O) groups excluding carboxylic acids is 1. The van der Waals surface area contributed by atoms with Crippen molar-refractivity contribution >= 4 is 22.5 Å². The van der Waals surface area contributed by atoms with Crippen LogP contribution in [0.4, 0.5) is 13.2 Å². The zero-order chi connectivity index (χ0) is 26.3. The van der Waals surface area contributed by atoms with Crippen LogP contribution in [0.3, 0.4) is 0 Å². The fraction of sp³-hybridized carbons (Fsp3) is 0.609. The molecule has 1 amide bonds. The van der Waals surface area contributed by atoms with Gasteiger partial charge in [0, 0.05) is 18.7 Å². The van der Waals surface area contributed by atoms with E-state index in [1.807, 2.05) is 19.6 Å². The summed E-state index contributed by atoms with van der Waals surface area (Å²) in [7, 11) is -4.02. The molecule has 1 unspecified atom stereocenters. The smallest absolute Gasteiger partial charge is 0.471 e. The second-order valence-corrected chi connectivity index (χ2v) is 19.0. The van der Waals surface area contributed by atoms with Crippen molar-refractivity contribution in [2.24, 2.45) is 0 Å². The maximum atomic E-state index is 13.1. The molecule has 1 aromatic carbocycles. The average molecular weight is 522 g/mol. The highest BCUT2D eigenvalue weighted by Crippen LogP contribution is 2.33. The van der Waals surface area contributed by atoms with Gasteiger partial charge in [0.1, 0.15) is 19.0 Å². The summed E-state index contributed by atoms with van der Waals surface area (Å²) in [5, 5.41) is 0. The molecule has 0 fully saturated rings. The van der Waals surface area contributed by atoms with Gasteiger partial charge in [0.2, 0.25) is 8.32 Å². The quantitative estimate of drug-likeness (QED) is 0.240. The normalized spacial score (nSPS) is 13.4. The molecule has 0 aliphatic rings. The van der Waals surface area contributed by atoms with Crippen LogP contribution in [0.15, 0.2) is 30.9 Å². The van der Waals surface area contributed by atoms with Crippen molar-refractivity contribution in [3.05, 3.63) is 30.9 Å². The van der Waals surface area contributed by atoms with Crippen LogP contribution in [-0.4, -0.2) is 65.5 Å². The first-order chi connectivity index (χ1) is 15.4. The molecule has 1 aromatic rings. The van der Waals surface area contributed by atoms with Gasteiger partial charge in [-0.25, -0.2) is 0 Å². The Bertz CT molecular complexity index is 820. The fourth-order valence-corrected chi connectivity index (χ4v) is 4.98. The summed E-state index contributed by atoms with van der Waals surface area (Å²) >= 11 is 0. The Balaban J connectivity index is 3.15. The van der Waals surface area contributed by atoms with Gasteiger partial charge in [-0.3, -0.25) is 4.79 Å². The second kappa shape index (κ2) is 12.1. The number of hydrogen-bond acceptors (Lipinski definition) is 5. The van der Waals surface area contributed by atoms with Gasteiger partial charge in [-0.05, 0) is 65.3 Å². The van der Waals surface area contributed by atoms with Gasteiger partial charge in [0.25, 0.3) is 0 Å². The number of alkyl halides is 3. The summed E-state index contributed by atoms with van der Waals surface area (Å²) in [6.07, 6.45) is -4.13. The molecule has 1 rings (SSSR count). The number of halogens is 3. The molecule has 0 aliphatic carbocycles. The first-order valence-corrected chi connectivity index (χ1v) is 18.0. The first-order valence-electron chi connectivity index (χ1n) is 11.2. The summed E-state index contributed by atoms with van der Waals surface area (Å²) < 4.78 is 63.2. The molecule has 0 spiro atoms. The van der Waals surface area contributed by atoms with Crippen molar-refractivity contribution in [1.29, 1.82) is 0 Å². The molecule has 0 heterocycles. The standard InChI is InChI=1S/C23H38F3NO5Si2/c1-10-13-29-21-14-18(31-33(4,5)6)11-12-20(21)30-16-19(32-34(7,8)9)15-27(17(2)3)22(28)23(24,25)26/h10-12,14,17,19H,1,13,15-16H2,2-9H3. The Kier molecular flexibility index (Phi) is 10.7. The van der Waals surface area contributed by atoms with Crippen LogP contribution in [0.25, 0.3) is 0 Å². The van der Waals surface area contributed by atoms with Gasteiger partial charge in [-0.1, -0.05) is 12.7 Å². The minimum absolute atomic E-state index is 0.0582. The lowest BCUT2D eigenvalue weighted by atomic mass is 10.2. The summed E-state index contributed by atoms with van der Waals surface area (Å²) in [5.74, 6) is -0.432. The second-order valence-electron chi connectivity index (χ2n) is 10.1. The summed E-state index contributed by atoms with van der Waals surface area (Å²) in [5.41, 5.74) is 0. The van der Waals surface area contributed by atoms with Crippen LogP contribution >= 0.6 is 0 Å². The Labute approximate surface area is 203 Å². The van der Waals surface area contributed by atoms with E-state index in [2.05, 4.69) is 26.2 Å². The first kappa shape index (κ1) is 30.0. The van der Waals surface area contributed by atoms with Crippen LogP contribution in [-0.2, 0) is 9.22 Å². The van der Waals surface area contributed by atoms with E-state index in [1.165, 1.54) is 13.8 Å². The van der Waals surface area contributed by atoms with Crippen molar-refractivity contribution in [3.63, 3.8) is 0 Å². The zero-order valence-corrected chi connectivity index (χ0v) is 23.4. The average Bonchev–Trinajstić information content (AvgIpc) is 2.65. The highest BCUT2D eigenvalue weighted by molar-refractivity contribution is 6.70. The number of benzene rings is 1. The maximum Gasteiger partial charge on any atom is 0.471 e. The molecule has 0 saturated carbocycles. The number of carbonyl (C=O) groups is 1. The predicted octanol–water partition coefficient (Wildman–Crippen LogP) is 5.86. The molecule has 194 valence electrons. The summed E-state index contributed by atoms with van der Waals surface area (Å²) in [4.78, 5) is 12.8. The lowest BCUT2D eigenvalue weighted by Crippen LogP contribution is -2.51. The number of ether oxygens (including phenoxy) is 2. The third-order valence-corrected chi connectivity index (χ3v) is 6.06. The van der Waals surface area contributed by atoms with Crippen molar-refractivity contribution in [2.75, 3.05) is 19.8 Å². The predicted molar refractivity (Wildman–Crippen MR) is 133 cm³/mol. The molecule has 0 bridgehead atoms. The fourth-order valence-electron chi connectivity index (χ4n) is 3.00. The lowest BCUT2D eigenvalue weighted by Gasteiger charge is -2.34. The molecule has 34 heavy (non-hydrogen) atoms.